The average molecular weight is 288 g/mol. The third-order valence-corrected chi connectivity index (χ3v) is 2.79. The predicted molar refractivity (Wildman–Crippen MR) is 68.6 cm³/mol. The molecular weight excluding hydrogens is 270 g/mol. The molecule has 0 radical (unpaired) electrons. The number of nitrogens with two attached hydrogens (primary N) is 1. The van der Waals surface area contributed by atoms with Crippen LogP contribution in [0, 0.1) is 6.92 Å². The van der Waals surface area contributed by atoms with Crippen LogP contribution in [0.2, 0.25) is 0 Å². The van der Waals surface area contributed by atoms with Crippen LogP contribution in [0.5, 0.6) is 5.75 Å². The van der Waals surface area contributed by atoms with E-state index >= 15 is 0 Å². The first-order chi connectivity index (χ1) is 7.69. The molecule has 0 atom stereocenters. The largest absolute Gasteiger partial charge is 0.493 e. The van der Waals surface area contributed by atoms with Crippen molar-refractivity contribution in [3.05, 3.63) is 27.7 Å². The number of aryl methyl sites for hydroxylation is 1. The van der Waals surface area contributed by atoms with Gasteiger partial charge in [-0.25, -0.2) is 0 Å². The van der Waals surface area contributed by atoms with E-state index in [0.717, 1.165) is 34.2 Å². The zero-order chi connectivity index (χ0) is 12.0. The topological polar surface area (TPSA) is 55.5 Å². The van der Waals surface area contributed by atoms with E-state index in [1.54, 1.807) is 0 Å². The minimum Gasteiger partial charge on any atom is -0.493 e. The second-order valence-electron chi connectivity index (χ2n) is 3.69. The van der Waals surface area contributed by atoms with Crippen molar-refractivity contribution in [3.63, 3.8) is 0 Å². The van der Waals surface area contributed by atoms with Crippen LogP contribution < -0.4 is 10.5 Å². The lowest BCUT2D eigenvalue weighted by Gasteiger charge is -2.13. The summed E-state index contributed by atoms with van der Waals surface area (Å²) < 4.78 is 6.73. The van der Waals surface area contributed by atoms with Gasteiger partial charge in [0.2, 0.25) is 0 Å². The van der Waals surface area contributed by atoms with Crippen molar-refractivity contribution in [1.29, 1.82) is 0 Å². The minimum atomic E-state index is 0.215. The first-order valence-corrected chi connectivity index (χ1v) is 6.21. The highest BCUT2D eigenvalue weighted by Crippen LogP contribution is 2.27. The van der Waals surface area contributed by atoms with Gasteiger partial charge in [-0.3, -0.25) is 0 Å². The number of halogens is 1. The summed E-state index contributed by atoms with van der Waals surface area (Å²) >= 11 is 3.44. The Balaban J connectivity index is 2.70. The minimum absolute atomic E-state index is 0.215. The summed E-state index contributed by atoms with van der Waals surface area (Å²) in [4.78, 5) is 0. The Morgan fingerprint density at radius 2 is 2.12 bits per heavy atom. The van der Waals surface area contributed by atoms with E-state index in [2.05, 4.69) is 15.9 Å². The fourth-order valence-electron chi connectivity index (χ4n) is 1.55. The van der Waals surface area contributed by atoms with Crippen molar-refractivity contribution >= 4 is 15.9 Å². The van der Waals surface area contributed by atoms with Gasteiger partial charge in [-0.05, 0) is 37.5 Å². The summed E-state index contributed by atoms with van der Waals surface area (Å²) in [6.45, 7) is 3.31. The molecule has 0 aliphatic heterocycles. The molecule has 16 heavy (non-hydrogen) atoms. The molecule has 0 aliphatic carbocycles. The first kappa shape index (κ1) is 13.5. The molecule has 0 fully saturated rings. The molecule has 0 bridgehead atoms. The Labute approximate surface area is 105 Å². The van der Waals surface area contributed by atoms with E-state index in [0.29, 0.717) is 13.2 Å². The van der Waals surface area contributed by atoms with Crippen LogP contribution in [0.4, 0.5) is 0 Å². The Kier molecular flexibility index (Phi) is 5.80. The Hall–Kier alpha value is -0.580. The third-order valence-electron chi connectivity index (χ3n) is 2.34. The number of benzene rings is 1. The number of unbranched alkanes of at least 4 members (excludes halogenated alkanes) is 1. The lowest BCUT2D eigenvalue weighted by Crippen LogP contribution is -2.06. The molecule has 0 amide bonds. The molecule has 0 saturated carbocycles. The third kappa shape index (κ3) is 3.77. The molecule has 3 nitrogen and oxygen atoms in total. The van der Waals surface area contributed by atoms with Gasteiger partial charge in [-0.1, -0.05) is 15.9 Å². The highest BCUT2D eigenvalue weighted by Gasteiger charge is 2.07. The number of ether oxygens (including phenoxy) is 1. The summed E-state index contributed by atoms with van der Waals surface area (Å²) in [5, 5.41) is 8.67. The van der Waals surface area contributed by atoms with E-state index in [-0.39, 0.29) is 6.61 Å². The van der Waals surface area contributed by atoms with Crippen molar-refractivity contribution in [3.8, 4) is 5.75 Å². The van der Waals surface area contributed by atoms with Crippen molar-refractivity contribution in [1.82, 2.24) is 0 Å². The number of hydrogen-bond donors (Lipinski definition) is 2. The van der Waals surface area contributed by atoms with Gasteiger partial charge in [-0.2, -0.15) is 0 Å². The second kappa shape index (κ2) is 6.89. The standard InChI is InChI=1S/C12H18BrNO2/c1-9-6-11(13)7-10(8-14)12(9)16-5-3-2-4-15/h6-7,15H,2-5,8,14H2,1H3. The molecule has 1 aromatic carbocycles. The summed E-state index contributed by atoms with van der Waals surface area (Å²) in [6.07, 6.45) is 1.63. The molecule has 4 heteroatoms. The summed E-state index contributed by atoms with van der Waals surface area (Å²) in [5.74, 6) is 0.878. The van der Waals surface area contributed by atoms with E-state index in [1.807, 2.05) is 19.1 Å². The molecule has 1 aromatic rings. The normalized spacial score (nSPS) is 10.5. The van der Waals surface area contributed by atoms with Gasteiger partial charge in [0.1, 0.15) is 5.75 Å². The van der Waals surface area contributed by atoms with Gasteiger partial charge in [-0.15, -0.1) is 0 Å². The van der Waals surface area contributed by atoms with Gasteiger partial charge in [0.25, 0.3) is 0 Å². The van der Waals surface area contributed by atoms with Crippen LogP contribution in [0.1, 0.15) is 24.0 Å². The number of aliphatic hydroxyl groups excluding tert-OH is 1. The van der Waals surface area contributed by atoms with Crippen molar-refractivity contribution in [2.45, 2.75) is 26.3 Å². The van der Waals surface area contributed by atoms with Gasteiger partial charge < -0.3 is 15.6 Å². The molecule has 0 heterocycles. The molecule has 90 valence electrons. The van der Waals surface area contributed by atoms with Crippen molar-refractivity contribution < 1.29 is 9.84 Å². The molecule has 0 saturated heterocycles. The Bertz CT molecular complexity index is 342. The van der Waals surface area contributed by atoms with Crippen molar-refractivity contribution in [2.24, 2.45) is 5.73 Å². The summed E-state index contributed by atoms with van der Waals surface area (Å²) in [7, 11) is 0. The Morgan fingerprint density at radius 3 is 2.75 bits per heavy atom. The molecule has 0 aliphatic rings. The van der Waals surface area contributed by atoms with Crippen LogP contribution >= 0.6 is 15.9 Å². The van der Waals surface area contributed by atoms with Gasteiger partial charge in [0.15, 0.2) is 0 Å². The molecule has 0 spiro atoms. The average Bonchev–Trinajstić information content (AvgIpc) is 2.26. The van der Waals surface area contributed by atoms with Crippen LogP contribution in [0.15, 0.2) is 16.6 Å². The number of hydrogen-bond acceptors (Lipinski definition) is 3. The Morgan fingerprint density at radius 1 is 1.38 bits per heavy atom. The monoisotopic (exact) mass is 287 g/mol. The van der Waals surface area contributed by atoms with Crippen molar-refractivity contribution in [2.75, 3.05) is 13.2 Å². The summed E-state index contributed by atoms with van der Waals surface area (Å²) in [5.41, 5.74) is 7.77. The maximum absolute atomic E-state index is 8.67. The molecular formula is C12H18BrNO2. The first-order valence-electron chi connectivity index (χ1n) is 5.41. The van der Waals surface area contributed by atoms with Crippen LogP contribution in [-0.4, -0.2) is 18.3 Å². The summed E-state index contributed by atoms with van der Waals surface area (Å²) in [6, 6.07) is 3.99. The molecule has 1 rings (SSSR count). The number of rotatable bonds is 6. The fourth-order valence-corrected chi connectivity index (χ4v) is 2.17. The smallest absolute Gasteiger partial charge is 0.126 e. The maximum atomic E-state index is 8.67. The van der Waals surface area contributed by atoms with Crippen LogP contribution in [0.25, 0.3) is 0 Å². The quantitative estimate of drug-likeness (QED) is 0.790. The second-order valence-corrected chi connectivity index (χ2v) is 4.61. The van der Waals surface area contributed by atoms with Gasteiger partial charge >= 0.3 is 0 Å². The molecule has 0 aromatic heterocycles. The highest BCUT2D eigenvalue weighted by atomic mass is 79.9. The number of aliphatic hydroxyl groups is 1. The van der Waals surface area contributed by atoms with Gasteiger partial charge in [0, 0.05) is 23.2 Å². The van der Waals surface area contributed by atoms with Crippen LogP contribution in [0.3, 0.4) is 0 Å². The van der Waals surface area contributed by atoms with Gasteiger partial charge in [0.05, 0.1) is 6.61 Å². The predicted octanol–water partition coefficient (Wildman–Crippen LogP) is 2.37. The SMILES string of the molecule is Cc1cc(Br)cc(CN)c1OCCCCO. The highest BCUT2D eigenvalue weighted by molar-refractivity contribution is 9.10. The zero-order valence-electron chi connectivity index (χ0n) is 9.50. The zero-order valence-corrected chi connectivity index (χ0v) is 11.1. The maximum Gasteiger partial charge on any atom is 0.126 e. The molecule has 3 N–H and O–H groups in total. The van der Waals surface area contributed by atoms with E-state index in [9.17, 15) is 0 Å². The lowest BCUT2D eigenvalue weighted by atomic mass is 10.1. The van der Waals surface area contributed by atoms with E-state index in [4.69, 9.17) is 15.6 Å². The van der Waals surface area contributed by atoms with Crippen LogP contribution in [-0.2, 0) is 6.54 Å². The van der Waals surface area contributed by atoms with E-state index < -0.39 is 0 Å². The molecule has 0 unspecified atom stereocenters. The lowest BCUT2D eigenvalue weighted by molar-refractivity contribution is 0.251. The van der Waals surface area contributed by atoms with E-state index in [1.165, 1.54) is 0 Å². The fraction of sp³-hybridized carbons (Fsp3) is 0.500.